The number of benzene rings is 1. The third-order valence-corrected chi connectivity index (χ3v) is 3.79. The number of rotatable bonds is 10. The van der Waals surface area contributed by atoms with Crippen LogP contribution in [0.2, 0.25) is 0 Å². The SMILES string of the molecule is CCCCN(CCOc1cccc(CNC)c1)C1CC1. The average molecular weight is 276 g/mol. The lowest BCUT2D eigenvalue weighted by atomic mass is 10.2. The molecule has 0 bridgehead atoms. The molecule has 1 saturated carbocycles. The van der Waals surface area contributed by atoms with Gasteiger partial charge in [-0.05, 0) is 50.6 Å². The zero-order valence-electron chi connectivity index (χ0n) is 12.9. The van der Waals surface area contributed by atoms with Crippen LogP contribution in [-0.4, -0.2) is 37.7 Å². The number of ether oxygens (including phenoxy) is 1. The molecule has 0 spiro atoms. The summed E-state index contributed by atoms with van der Waals surface area (Å²) in [6.45, 7) is 6.23. The summed E-state index contributed by atoms with van der Waals surface area (Å²) in [5.74, 6) is 0.990. The van der Waals surface area contributed by atoms with Gasteiger partial charge >= 0.3 is 0 Å². The van der Waals surface area contributed by atoms with Gasteiger partial charge in [-0.1, -0.05) is 25.5 Å². The molecule has 1 aromatic carbocycles. The van der Waals surface area contributed by atoms with Gasteiger partial charge < -0.3 is 10.1 Å². The van der Waals surface area contributed by atoms with Crippen LogP contribution in [0, 0.1) is 0 Å². The molecular weight excluding hydrogens is 248 g/mol. The molecule has 1 N–H and O–H groups in total. The Bertz CT molecular complexity index is 390. The van der Waals surface area contributed by atoms with Crippen molar-refractivity contribution in [3.63, 3.8) is 0 Å². The van der Waals surface area contributed by atoms with Crippen LogP contribution in [0.4, 0.5) is 0 Å². The van der Waals surface area contributed by atoms with E-state index in [4.69, 9.17) is 4.74 Å². The first-order valence-electron chi connectivity index (χ1n) is 7.94. The van der Waals surface area contributed by atoms with Gasteiger partial charge in [-0.25, -0.2) is 0 Å². The maximum atomic E-state index is 5.91. The van der Waals surface area contributed by atoms with Gasteiger partial charge in [-0.3, -0.25) is 4.90 Å². The summed E-state index contributed by atoms with van der Waals surface area (Å²) < 4.78 is 5.91. The van der Waals surface area contributed by atoms with E-state index in [0.29, 0.717) is 0 Å². The van der Waals surface area contributed by atoms with Crippen molar-refractivity contribution in [2.45, 2.75) is 45.2 Å². The molecule has 0 saturated heterocycles. The minimum absolute atomic E-state index is 0.795. The Kier molecular flexibility index (Phi) is 6.34. The first kappa shape index (κ1) is 15.3. The number of hydrogen-bond acceptors (Lipinski definition) is 3. The fourth-order valence-corrected chi connectivity index (χ4v) is 2.51. The second-order valence-electron chi connectivity index (χ2n) is 5.65. The molecule has 0 amide bonds. The summed E-state index contributed by atoms with van der Waals surface area (Å²) in [5, 5.41) is 3.17. The van der Waals surface area contributed by atoms with Gasteiger partial charge in [0, 0.05) is 19.1 Å². The van der Waals surface area contributed by atoms with Crippen molar-refractivity contribution in [1.29, 1.82) is 0 Å². The summed E-state index contributed by atoms with van der Waals surface area (Å²) in [6, 6.07) is 9.20. The average Bonchev–Trinajstić information content (AvgIpc) is 3.28. The summed E-state index contributed by atoms with van der Waals surface area (Å²) in [5.41, 5.74) is 1.27. The smallest absolute Gasteiger partial charge is 0.119 e. The molecule has 0 heterocycles. The van der Waals surface area contributed by atoms with Crippen molar-refractivity contribution >= 4 is 0 Å². The van der Waals surface area contributed by atoms with E-state index in [9.17, 15) is 0 Å². The topological polar surface area (TPSA) is 24.5 Å². The zero-order valence-corrected chi connectivity index (χ0v) is 12.9. The Morgan fingerprint density at radius 1 is 1.30 bits per heavy atom. The second kappa shape index (κ2) is 8.28. The van der Waals surface area contributed by atoms with E-state index in [0.717, 1.165) is 31.5 Å². The molecule has 1 fully saturated rings. The first-order chi connectivity index (χ1) is 9.83. The lowest BCUT2D eigenvalue weighted by molar-refractivity contribution is 0.199. The lowest BCUT2D eigenvalue weighted by Crippen LogP contribution is -2.31. The minimum atomic E-state index is 0.795. The normalized spacial score (nSPS) is 14.8. The van der Waals surface area contributed by atoms with Gasteiger partial charge in [0.2, 0.25) is 0 Å². The first-order valence-corrected chi connectivity index (χ1v) is 7.94. The van der Waals surface area contributed by atoms with Crippen LogP contribution in [0.5, 0.6) is 5.75 Å². The zero-order chi connectivity index (χ0) is 14.2. The maximum Gasteiger partial charge on any atom is 0.119 e. The molecule has 0 atom stereocenters. The number of hydrogen-bond donors (Lipinski definition) is 1. The fourth-order valence-electron chi connectivity index (χ4n) is 2.51. The third kappa shape index (κ3) is 5.14. The highest BCUT2D eigenvalue weighted by atomic mass is 16.5. The fraction of sp³-hybridized carbons (Fsp3) is 0.647. The highest BCUT2D eigenvalue weighted by molar-refractivity contribution is 5.28. The van der Waals surface area contributed by atoms with Crippen molar-refractivity contribution in [1.82, 2.24) is 10.2 Å². The number of nitrogens with one attached hydrogen (secondary N) is 1. The molecule has 0 aromatic heterocycles. The number of unbranched alkanes of at least 4 members (excludes halogenated alkanes) is 1. The Morgan fingerprint density at radius 3 is 2.85 bits per heavy atom. The van der Waals surface area contributed by atoms with Gasteiger partial charge in [-0.15, -0.1) is 0 Å². The largest absolute Gasteiger partial charge is 0.492 e. The van der Waals surface area contributed by atoms with Gasteiger partial charge in [0.05, 0.1) is 0 Å². The molecule has 0 radical (unpaired) electrons. The molecule has 1 aliphatic carbocycles. The van der Waals surface area contributed by atoms with Gasteiger partial charge in [-0.2, -0.15) is 0 Å². The highest BCUT2D eigenvalue weighted by Crippen LogP contribution is 2.26. The molecule has 0 unspecified atom stereocenters. The molecule has 20 heavy (non-hydrogen) atoms. The molecule has 2 rings (SSSR count). The highest BCUT2D eigenvalue weighted by Gasteiger charge is 2.27. The van der Waals surface area contributed by atoms with Crippen molar-refractivity contribution in [2.24, 2.45) is 0 Å². The van der Waals surface area contributed by atoms with Gasteiger partial charge in [0.25, 0.3) is 0 Å². The third-order valence-electron chi connectivity index (χ3n) is 3.79. The van der Waals surface area contributed by atoms with Crippen LogP contribution in [0.25, 0.3) is 0 Å². The predicted molar refractivity (Wildman–Crippen MR) is 84.2 cm³/mol. The van der Waals surface area contributed by atoms with Gasteiger partial charge in [0.15, 0.2) is 0 Å². The molecular formula is C17H28N2O. The summed E-state index contributed by atoms with van der Waals surface area (Å²) in [4.78, 5) is 2.60. The van der Waals surface area contributed by atoms with E-state index in [1.54, 1.807) is 0 Å². The molecule has 1 aliphatic rings. The van der Waals surface area contributed by atoms with E-state index < -0.39 is 0 Å². The summed E-state index contributed by atoms with van der Waals surface area (Å²) in [7, 11) is 1.97. The number of nitrogens with zero attached hydrogens (tertiary/aromatic N) is 1. The molecule has 112 valence electrons. The second-order valence-corrected chi connectivity index (χ2v) is 5.65. The molecule has 3 heteroatoms. The van der Waals surface area contributed by atoms with Crippen molar-refractivity contribution in [3.8, 4) is 5.75 Å². The molecule has 3 nitrogen and oxygen atoms in total. The standard InChI is InChI=1S/C17H28N2O/c1-3-4-10-19(16-8-9-16)11-12-20-17-7-5-6-15(13-17)14-18-2/h5-7,13,16,18H,3-4,8-12,14H2,1-2H3. The van der Waals surface area contributed by atoms with Crippen molar-refractivity contribution in [3.05, 3.63) is 29.8 Å². The Hall–Kier alpha value is -1.06. The Labute approximate surface area is 123 Å². The van der Waals surface area contributed by atoms with E-state index in [-0.39, 0.29) is 0 Å². The lowest BCUT2D eigenvalue weighted by Gasteiger charge is -2.21. The van der Waals surface area contributed by atoms with Crippen LogP contribution in [0.1, 0.15) is 38.2 Å². The summed E-state index contributed by atoms with van der Waals surface area (Å²) in [6.07, 6.45) is 5.33. The quantitative estimate of drug-likeness (QED) is 0.711. The van der Waals surface area contributed by atoms with Crippen molar-refractivity contribution < 1.29 is 4.74 Å². The van der Waals surface area contributed by atoms with E-state index in [1.165, 1.54) is 37.8 Å². The van der Waals surface area contributed by atoms with Crippen molar-refractivity contribution in [2.75, 3.05) is 26.7 Å². The van der Waals surface area contributed by atoms with E-state index >= 15 is 0 Å². The summed E-state index contributed by atoms with van der Waals surface area (Å²) >= 11 is 0. The monoisotopic (exact) mass is 276 g/mol. The Morgan fingerprint density at radius 2 is 2.15 bits per heavy atom. The van der Waals surface area contributed by atoms with Gasteiger partial charge in [0.1, 0.15) is 12.4 Å². The van der Waals surface area contributed by atoms with Crippen LogP contribution in [0.3, 0.4) is 0 Å². The maximum absolute atomic E-state index is 5.91. The van der Waals surface area contributed by atoms with Crippen LogP contribution in [0.15, 0.2) is 24.3 Å². The van der Waals surface area contributed by atoms with Crippen LogP contribution >= 0.6 is 0 Å². The molecule has 1 aromatic rings. The van der Waals surface area contributed by atoms with Crippen LogP contribution < -0.4 is 10.1 Å². The predicted octanol–water partition coefficient (Wildman–Crippen LogP) is 3.05. The Balaban J connectivity index is 1.74. The minimum Gasteiger partial charge on any atom is -0.492 e. The van der Waals surface area contributed by atoms with E-state index in [1.807, 2.05) is 13.1 Å². The van der Waals surface area contributed by atoms with Crippen LogP contribution in [-0.2, 0) is 6.54 Å². The molecule has 0 aliphatic heterocycles. The van der Waals surface area contributed by atoms with E-state index in [2.05, 4.69) is 35.3 Å².